The number of rotatable bonds is 2. The van der Waals surface area contributed by atoms with Gasteiger partial charge in [0.15, 0.2) is 6.29 Å². The lowest BCUT2D eigenvalue weighted by Gasteiger charge is -2.04. The van der Waals surface area contributed by atoms with Gasteiger partial charge in [0.2, 0.25) is 0 Å². The van der Waals surface area contributed by atoms with Gasteiger partial charge in [-0.05, 0) is 6.07 Å². The first-order valence-electron chi connectivity index (χ1n) is 4.06. The molecule has 0 aliphatic rings. The molecule has 4 heteroatoms. The number of benzene rings is 1. The number of nitrogen functional groups attached to an aromatic ring is 1. The fraction of sp³-hybridized carbons (Fsp3) is 0.100. The Kier molecular flexibility index (Phi) is 2.13. The van der Waals surface area contributed by atoms with E-state index in [2.05, 4.69) is 0 Å². The van der Waals surface area contributed by atoms with Crippen LogP contribution < -0.4 is 10.5 Å². The van der Waals surface area contributed by atoms with E-state index in [1.54, 1.807) is 13.2 Å². The average Bonchev–Trinajstić information content (AvgIpc) is 2.59. The van der Waals surface area contributed by atoms with Crippen LogP contribution in [0.1, 0.15) is 10.4 Å². The molecule has 0 amide bonds. The maximum Gasteiger partial charge on any atom is 0.153 e. The highest BCUT2D eigenvalue weighted by Crippen LogP contribution is 2.36. The van der Waals surface area contributed by atoms with E-state index in [0.717, 1.165) is 22.1 Å². The smallest absolute Gasteiger partial charge is 0.153 e. The van der Waals surface area contributed by atoms with E-state index in [-0.39, 0.29) is 0 Å². The van der Waals surface area contributed by atoms with Crippen molar-refractivity contribution in [1.29, 1.82) is 0 Å². The van der Waals surface area contributed by atoms with Gasteiger partial charge in [-0.15, -0.1) is 11.3 Å². The van der Waals surface area contributed by atoms with Crippen LogP contribution in [0.3, 0.4) is 0 Å². The summed E-state index contributed by atoms with van der Waals surface area (Å²) >= 11 is 1.49. The maximum absolute atomic E-state index is 10.7. The lowest BCUT2D eigenvalue weighted by atomic mass is 10.1. The van der Waals surface area contributed by atoms with Crippen LogP contribution in [-0.2, 0) is 0 Å². The molecule has 2 rings (SSSR count). The number of carbonyl (C=O) groups is 1. The number of anilines is 1. The summed E-state index contributed by atoms with van der Waals surface area (Å²) in [6.45, 7) is 0. The number of hydrogen-bond acceptors (Lipinski definition) is 4. The van der Waals surface area contributed by atoms with Crippen LogP contribution in [0.2, 0.25) is 0 Å². The second-order valence-corrected chi connectivity index (χ2v) is 3.75. The second-order valence-electron chi connectivity index (χ2n) is 2.87. The normalized spacial score (nSPS) is 10.4. The van der Waals surface area contributed by atoms with Crippen LogP contribution in [-0.4, -0.2) is 13.4 Å². The van der Waals surface area contributed by atoms with E-state index in [0.29, 0.717) is 11.3 Å². The van der Waals surface area contributed by atoms with Gasteiger partial charge >= 0.3 is 0 Å². The van der Waals surface area contributed by atoms with Crippen LogP contribution in [0.4, 0.5) is 5.69 Å². The summed E-state index contributed by atoms with van der Waals surface area (Å²) in [6.07, 6.45) is 0.786. The van der Waals surface area contributed by atoms with Gasteiger partial charge in [0.25, 0.3) is 0 Å². The van der Waals surface area contributed by atoms with Crippen molar-refractivity contribution in [2.24, 2.45) is 0 Å². The summed E-state index contributed by atoms with van der Waals surface area (Å²) < 4.78 is 6.11. The minimum atomic E-state index is 0.557. The summed E-state index contributed by atoms with van der Waals surface area (Å²) in [5.41, 5.74) is 7.04. The third-order valence-electron chi connectivity index (χ3n) is 2.09. The van der Waals surface area contributed by atoms with E-state index in [1.165, 1.54) is 11.3 Å². The number of nitrogens with two attached hydrogens (primary N) is 1. The molecule has 72 valence electrons. The molecule has 0 fully saturated rings. The molecular formula is C10H9NO2S. The Morgan fingerprint density at radius 3 is 2.93 bits per heavy atom. The average molecular weight is 207 g/mol. The molecule has 0 spiro atoms. The molecule has 0 bridgehead atoms. The SMILES string of the molecule is COc1c(C=O)ccc2c(N)csc12. The van der Waals surface area contributed by atoms with Crippen molar-refractivity contribution >= 4 is 33.4 Å². The highest BCUT2D eigenvalue weighted by Gasteiger charge is 2.10. The van der Waals surface area contributed by atoms with Crippen molar-refractivity contribution in [1.82, 2.24) is 0 Å². The molecule has 0 aliphatic carbocycles. The zero-order valence-electron chi connectivity index (χ0n) is 7.61. The molecule has 0 saturated carbocycles. The molecule has 0 atom stereocenters. The van der Waals surface area contributed by atoms with E-state index in [9.17, 15) is 4.79 Å². The van der Waals surface area contributed by atoms with Crippen molar-refractivity contribution in [3.8, 4) is 5.75 Å². The van der Waals surface area contributed by atoms with E-state index >= 15 is 0 Å². The molecule has 2 aromatic rings. The van der Waals surface area contributed by atoms with Crippen LogP contribution in [0, 0.1) is 0 Å². The summed E-state index contributed by atoms with van der Waals surface area (Å²) in [5.74, 6) is 0.610. The molecule has 1 heterocycles. The Balaban J connectivity index is 2.84. The van der Waals surface area contributed by atoms with Gasteiger partial charge in [-0.25, -0.2) is 0 Å². The quantitative estimate of drug-likeness (QED) is 0.769. The third-order valence-corrected chi connectivity index (χ3v) is 3.10. The van der Waals surface area contributed by atoms with Crippen molar-refractivity contribution < 1.29 is 9.53 Å². The van der Waals surface area contributed by atoms with Crippen LogP contribution >= 0.6 is 11.3 Å². The standard InChI is InChI=1S/C10H9NO2S/c1-13-9-6(4-12)2-3-7-8(11)5-14-10(7)9/h2-5H,11H2,1H3. The molecule has 2 N–H and O–H groups in total. The lowest BCUT2D eigenvalue weighted by Crippen LogP contribution is -1.90. The minimum Gasteiger partial charge on any atom is -0.494 e. The Morgan fingerprint density at radius 2 is 2.29 bits per heavy atom. The third kappa shape index (κ3) is 1.15. The van der Waals surface area contributed by atoms with E-state index in [1.807, 2.05) is 11.4 Å². The fourth-order valence-electron chi connectivity index (χ4n) is 1.41. The summed E-state index contributed by atoms with van der Waals surface area (Å²) in [7, 11) is 1.55. The van der Waals surface area contributed by atoms with Crippen molar-refractivity contribution in [2.45, 2.75) is 0 Å². The first-order valence-corrected chi connectivity index (χ1v) is 4.94. The number of thiophene rings is 1. The molecule has 1 aromatic heterocycles. The highest BCUT2D eigenvalue weighted by atomic mass is 32.1. The lowest BCUT2D eigenvalue weighted by molar-refractivity contribution is 0.112. The monoisotopic (exact) mass is 207 g/mol. The Bertz CT molecular complexity index is 490. The predicted molar refractivity (Wildman–Crippen MR) is 58.2 cm³/mol. The van der Waals surface area contributed by atoms with Gasteiger partial charge in [0, 0.05) is 10.8 Å². The minimum absolute atomic E-state index is 0.557. The van der Waals surface area contributed by atoms with Crippen LogP contribution in [0.25, 0.3) is 10.1 Å². The number of fused-ring (bicyclic) bond motifs is 1. The van der Waals surface area contributed by atoms with Crippen molar-refractivity contribution in [3.05, 3.63) is 23.1 Å². The number of ether oxygens (including phenoxy) is 1. The summed E-state index contributed by atoms with van der Waals surface area (Å²) in [4.78, 5) is 10.7. The number of aldehydes is 1. The predicted octanol–water partition coefficient (Wildman–Crippen LogP) is 2.30. The Morgan fingerprint density at radius 1 is 1.50 bits per heavy atom. The zero-order valence-corrected chi connectivity index (χ0v) is 8.43. The van der Waals surface area contributed by atoms with Crippen LogP contribution in [0.5, 0.6) is 5.75 Å². The molecule has 0 aliphatic heterocycles. The van der Waals surface area contributed by atoms with Gasteiger partial charge < -0.3 is 10.5 Å². The number of methoxy groups -OCH3 is 1. The van der Waals surface area contributed by atoms with Gasteiger partial charge in [-0.2, -0.15) is 0 Å². The summed E-state index contributed by atoms with van der Waals surface area (Å²) in [5, 5.41) is 2.79. The Labute approximate surface area is 85.1 Å². The molecule has 3 nitrogen and oxygen atoms in total. The van der Waals surface area contributed by atoms with Gasteiger partial charge in [-0.3, -0.25) is 4.79 Å². The van der Waals surface area contributed by atoms with E-state index in [4.69, 9.17) is 10.5 Å². The zero-order chi connectivity index (χ0) is 10.1. The van der Waals surface area contributed by atoms with Crippen LogP contribution in [0.15, 0.2) is 17.5 Å². The topological polar surface area (TPSA) is 52.3 Å². The highest BCUT2D eigenvalue weighted by molar-refractivity contribution is 7.18. The second kappa shape index (κ2) is 3.31. The molecule has 0 unspecified atom stereocenters. The first-order chi connectivity index (χ1) is 6.77. The maximum atomic E-state index is 10.7. The van der Waals surface area contributed by atoms with Crippen molar-refractivity contribution in [2.75, 3.05) is 12.8 Å². The fourth-order valence-corrected chi connectivity index (χ4v) is 2.40. The van der Waals surface area contributed by atoms with Gasteiger partial charge in [0.05, 0.1) is 23.1 Å². The molecule has 0 saturated heterocycles. The Hall–Kier alpha value is -1.55. The van der Waals surface area contributed by atoms with Gasteiger partial charge in [-0.1, -0.05) is 6.07 Å². The van der Waals surface area contributed by atoms with Gasteiger partial charge in [0.1, 0.15) is 5.75 Å². The molecule has 14 heavy (non-hydrogen) atoms. The largest absolute Gasteiger partial charge is 0.494 e. The first kappa shape index (κ1) is 9.02. The molecular weight excluding hydrogens is 198 g/mol. The number of carbonyl (C=O) groups excluding carboxylic acids is 1. The molecule has 0 radical (unpaired) electrons. The van der Waals surface area contributed by atoms with E-state index < -0.39 is 0 Å². The number of hydrogen-bond donors (Lipinski definition) is 1. The molecule has 1 aromatic carbocycles. The van der Waals surface area contributed by atoms with Crippen molar-refractivity contribution in [3.63, 3.8) is 0 Å². The summed E-state index contributed by atoms with van der Waals surface area (Å²) in [6, 6.07) is 3.56.